The van der Waals surface area contributed by atoms with Crippen LogP contribution in [0.15, 0.2) is 30.3 Å². The fraction of sp³-hybridized carbons (Fsp3) is 0.517. The monoisotopic (exact) mass is 458 g/mol. The van der Waals surface area contributed by atoms with E-state index >= 15 is 0 Å². The van der Waals surface area contributed by atoms with Crippen LogP contribution in [0.1, 0.15) is 73.9 Å². The zero-order chi connectivity index (χ0) is 23.8. The summed E-state index contributed by atoms with van der Waals surface area (Å²) in [5.41, 5.74) is 8.59. The van der Waals surface area contributed by atoms with Gasteiger partial charge in [0.15, 0.2) is 0 Å². The predicted molar refractivity (Wildman–Crippen MR) is 139 cm³/mol. The molecule has 5 rings (SSSR count). The molecule has 3 heterocycles. The summed E-state index contributed by atoms with van der Waals surface area (Å²) in [5.74, 6) is 1.90. The summed E-state index contributed by atoms with van der Waals surface area (Å²) in [6.07, 6.45) is 4.77. The van der Waals surface area contributed by atoms with E-state index in [2.05, 4.69) is 78.2 Å². The average Bonchev–Trinajstić information content (AvgIpc) is 3.55. The minimum absolute atomic E-state index is 0.190. The van der Waals surface area contributed by atoms with Crippen LogP contribution in [-0.4, -0.2) is 47.0 Å². The number of fused-ring (bicyclic) bond motifs is 1. The van der Waals surface area contributed by atoms with E-state index in [0.717, 1.165) is 49.8 Å². The number of aromatic amines is 1. The van der Waals surface area contributed by atoms with Gasteiger partial charge in [0, 0.05) is 34.4 Å². The second kappa shape index (κ2) is 9.53. The number of nitrogens with one attached hydrogen (secondary N) is 2. The molecule has 0 unspecified atom stereocenters. The van der Waals surface area contributed by atoms with Crippen LogP contribution in [0.3, 0.4) is 0 Å². The molecule has 0 radical (unpaired) electrons. The molecule has 1 saturated heterocycles. The largest absolute Gasteiger partial charge is 0.355 e. The summed E-state index contributed by atoms with van der Waals surface area (Å²) in [7, 11) is 0. The van der Waals surface area contributed by atoms with E-state index in [1.54, 1.807) is 0 Å². The van der Waals surface area contributed by atoms with Gasteiger partial charge >= 0.3 is 0 Å². The zero-order valence-corrected chi connectivity index (χ0v) is 21.1. The third-order valence-corrected chi connectivity index (χ3v) is 7.52. The van der Waals surface area contributed by atoms with Crippen LogP contribution < -0.4 is 5.32 Å². The molecule has 1 aliphatic heterocycles. The molecule has 2 aliphatic rings. The van der Waals surface area contributed by atoms with Gasteiger partial charge < -0.3 is 10.3 Å². The van der Waals surface area contributed by atoms with E-state index in [4.69, 9.17) is 0 Å². The van der Waals surface area contributed by atoms with Crippen molar-refractivity contribution in [2.24, 2.45) is 5.92 Å². The molecule has 5 nitrogen and oxygen atoms in total. The van der Waals surface area contributed by atoms with Crippen LogP contribution in [0.5, 0.6) is 0 Å². The van der Waals surface area contributed by atoms with Crippen molar-refractivity contribution in [1.29, 1.82) is 0 Å². The Morgan fingerprint density at radius 1 is 1.09 bits per heavy atom. The number of benzene rings is 1. The molecular formula is C29H38N4O. The fourth-order valence-corrected chi connectivity index (χ4v) is 5.55. The van der Waals surface area contributed by atoms with Crippen molar-refractivity contribution >= 4 is 16.8 Å². The normalized spacial score (nSPS) is 17.6. The summed E-state index contributed by atoms with van der Waals surface area (Å²) < 4.78 is 0. The Morgan fingerprint density at radius 2 is 1.79 bits per heavy atom. The minimum Gasteiger partial charge on any atom is -0.355 e. The van der Waals surface area contributed by atoms with Gasteiger partial charge in [0.1, 0.15) is 0 Å². The van der Waals surface area contributed by atoms with Gasteiger partial charge in [0.25, 0.3) is 0 Å². The summed E-state index contributed by atoms with van der Waals surface area (Å²) in [6.45, 7) is 12.1. The van der Waals surface area contributed by atoms with Gasteiger partial charge in [-0.2, -0.15) is 0 Å². The smallest absolute Gasteiger partial charge is 0.234 e. The van der Waals surface area contributed by atoms with E-state index in [-0.39, 0.29) is 5.91 Å². The van der Waals surface area contributed by atoms with Crippen molar-refractivity contribution in [1.82, 2.24) is 20.2 Å². The Morgan fingerprint density at radius 3 is 2.44 bits per heavy atom. The van der Waals surface area contributed by atoms with E-state index < -0.39 is 0 Å². The molecule has 5 heteroatoms. The maximum absolute atomic E-state index is 12.2. The number of piperidine rings is 1. The number of carbonyl (C=O) groups is 1. The molecule has 180 valence electrons. The van der Waals surface area contributed by atoms with Crippen LogP contribution in [0.25, 0.3) is 22.2 Å². The molecule has 3 aromatic rings. The molecule has 2 N–H and O–H groups in total. The molecular weight excluding hydrogens is 420 g/mol. The number of hydrogen-bond donors (Lipinski definition) is 2. The Balaban J connectivity index is 1.33. The Labute approximate surface area is 203 Å². The number of amides is 1. The molecule has 2 aromatic heterocycles. The number of carbonyl (C=O) groups excluding carboxylic acids is 1. The van der Waals surface area contributed by atoms with Gasteiger partial charge in [-0.05, 0) is 106 Å². The lowest BCUT2D eigenvalue weighted by Crippen LogP contribution is -2.41. The number of H-pyrrole nitrogens is 1. The highest BCUT2D eigenvalue weighted by Crippen LogP contribution is 2.38. The number of likely N-dealkylation sites (tertiary alicyclic amines) is 1. The first-order valence-electron chi connectivity index (χ1n) is 13.0. The molecule has 0 spiro atoms. The number of rotatable bonds is 7. The number of aryl methyl sites for hydroxylation is 2. The van der Waals surface area contributed by atoms with Crippen molar-refractivity contribution in [2.75, 3.05) is 26.2 Å². The minimum atomic E-state index is 0.190. The number of nitrogens with zero attached hydrogens (tertiary/aromatic N) is 2. The average molecular weight is 459 g/mol. The summed E-state index contributed by atoms with van der Waals surface area (Å²) in [5, 5.41) is 4.45. The maximum atomic E-state index is 12.2. The molecule has 0 bridgehead atoms. The first kappa shape index (κ1) is 23.1. The van der Waals surface area contributed by atoms with Crippen LogP contribution in [0.2, 0.25) is 0 Å². The van der Waals surface area contributed by atoms with Crippen molar-refractivity contribution < 1.29 is 4.79 Å². The predicted octanol–water partition coefficient (Wildman–Crippen LogP) is 5.68. The third kappa shape index (κ3) is 5.05. The first-order valence-corrected chi connectivity index (χ1v) is 13.0. The van der Waals surface area contributed by atoms with Gasteiger partial charge in [-0.15, -0.1) is 0 Å². The van der Waals surface area contributed by atoms with Crippen LogP contribution >= 0.6 is 0 Å². The standard InChI is InChI=1S/C29H38N4O/c1-18(2)28-25-15-23(7-8-26(25)32-29(28)24-13-19(3)31-20(4)14-24)22-9-11-33(12-10-22)17-27(34)30-16-21-5-6-21/h7-8,13-15,18,21-22,32H,5-6,9-12,16-17H2,1-4H3,(H,30,34). The SMILES string of the molecule is Cc1cc(-c2[nH]c3ccc(C4CCN(CC(=O)NCC5CC5)CC4)cc3c2C(C)C)cc(C)n1. The summed E-state index contributed by atoms with van der Waals surface area (Å²) >= 11 is 0. The fourth-order valence-electron chi connectivity index (χ4n) is 5.55. The molecule has 0 atom stereocenters. The second-order valence-corrected chi connectivity index (χ2v) is 10.8. The van der Waals surface area contributed by atoms with E-state index in [1.165, 1.54) is 46.1 Å². The molecule has 1 saturated carbocycles. The number of hydrogen-bond acceptors (Lipinski definition) is 3. The van der Waals surface area contributed by atoms with Crippen molar-refractivity contribution in [2.45, 2.75) is 65.2 Å². The second-order valence-electron chi connectivity index (χ2n) is 10.8. The highest BCUT2D eigenvalue weighted by molar-refractivity contribution is 5.92. The Hall–Kier alpha value is -2.66. The molecule has 34 heavy (non-hydrogen) atoms. The first-order chi connectivity index (χ1) is 16.4. The number of aromatic nitrogens is 2. The Kier molecular flexibility index (Phi) is 6.48. The lowest BCUT2D eigenvalue weighted by molar-refractivity contribution is -0.122. The van der Waals surface area contributed by atoms with Crippen molar-refractivity contribution in [3.8, 4) is 11.3 Å². The summed E-state index contributed by atoms with van der Waals surface area (Å²) in [6, 6.07) is 11.4. The van der Waals surface area contributed by atoms with Gasteiger partial charge in [-0.1, -0.05) is 19.9 Å². The zero-order valence-electron chi connectivity index (χ0n) is 21.1. The highest BCUT2D eigenvalue weighted by atomic mass is 16.2. The third-order valence-electron chi connectivity index (χ3n) is 7.52. The topological polar surface area (TPSA) is 61.0 Å². The highest BCUT2D eigenvalue weighted by Gasteiger charge is 2.25. The van der Waals surface area contributed by atoms with Crippen LogP contribution in [0.4, 0.5) is 0 Å². The molecule has 1 aliphatic carbocycles. The molecule has 1 amide bonds. The van der Waals surface area contributed by atoms with Crippen molar-refractivity contribution in [3.05, 3.63) is 52.8 Å². The summed E-state index contributed by atoms with van der Waals surface area (Å²) in [4.78, 5) is 22.8. The van der Waals surface area contributed by atoms with Gasteiger partial charge in [0.2, 0.25) is 5.91 Å². The quantitative estimate of drug-likeness (QED) is 0.479. The Bertz CT molecular complexity index is 1160. The van der Waals surface area contributed by atoms with E-state index in [1.807, 2.05) is 0 Å². The maximum Gasteiger partial charge on any atom is 0.234 e. The van der Waals surface area contributed by atoms with Gasteiger partial charge in [-0.3, -0.25) is 14.7 Å². The molecule has 2 fully saturated rings. The van der Waals surface area contributed by atoms with Crippen LogP contribution in [-0.2, 0) is 4.79 Å². The van der Waals surface area contributed by atoms with Gasteiger partial charge in [0.05, 0.1) is 12.2 Å². The lowest BCUT2D eigenvalue weighted by atomic mass is 9.87. The molecule has 1 aromatic carbocycles. The van der Waals surface area contributed by atoms with E-state index in [9.17, 15) is 4.79 Å². The number of pyridine rings is 1. The van der Waals surface area contributed by atoms with Gasteiger partial charge in [-0.25, -0.2) is 0 Å². The van der Waals surface area contributed by atoms with Crippen LogP contribution in [0, 0.1) is 19.8 Å². The van der Waals surface area contributed by atoms with Crippen molar-refractivity contribution in [3.63, 3.8) is 0 Å². The van der Waals surface area contributed by atoms with E-state index in [0.29, 0.717) is 18.4 Å². The lowest BCUT2D eigenvalue weighted by Gasteiger charge is -2.31.